The predicted molar refractivity (Wildman–Crippen MR) is 110 cm³/mol. The molecule has 27 heavy (non-hydrogen) atoms. The lowest BCUT2D eigenvalue weighted by Crippen LogP contribution is -2.49. The summed E-state index contributed by atoms with van der Waals surface area (Å²) in [5, 5.41) is 3.08. The Morgan fingerprint density at radius 3 is 2.52 bits per heavy atom. The summed E-state index contributed by atoms with van der Waals surface area (Å²) in [7, 11) is 1.69. The quantitative estimate of drug-likeness (QED) is 0.817. The SMILES string of the molecule is COc1cccc(N2CCN(CC(=O)NC[C@H](C)c3ccccc3)CC2)c1. The van der Waals surface area contributed by atoms with Crippen molar-refractivity contribution in [2.45, 2.75) is 12.8 Å². The van der Waals surface area contributed by atoms with Crippen LogP contribution in [0.3, 0.4) is 0 Å². The number of hydrogen-bond acceptors (Lipinski definition) is 4. The summed E-state index contributed by atoms with van der Waals surface area (Å²) in [5.41, 5.74) is 2.43. The molecule has 2 aromatic carbocycles. The summed E-state index contributed by atoms with van der Waals surface area (Å²) in [6.45, 7) is 6.89. The first-order valence-corrected chi connectivity index (χ1v) is 9.58. The average molecular weight is 367 g/mol. The van der Waals surface area contributed by atoms with Gasteiger partial charge in [-0.25, -0.2) is 0 Å². The van der Waals surface area contributed by atoms with E-state index < -0.39 is 0 Å². The molecule has 1 aliphatic rings. The Morgan fingerprint density at radius 1 is 1.07 bits per heavy atom. The number of amides is 1. The minimum Gasteiger partial charge on any atom is -0.497 e. The molecular weight excluding hydrogens is 338 g/mol. The van der Waals surface area contributed by atoms with Gasteiger partial charge in [-0.3, -0.25) is 9.69 Å². The molecule has 3 rings (SSSR count). The Bertz CT molecular complexity index is 727. The molecule has 1 fully saturated rings. The van der Waals surface area contributed by atoms with E-state index in [2.05, 4.69) is 46.3 Å². The van der Waals surface area contributed by atoms with Crippen LogP contribution >= 0.6 is 0 Å². The van der Waals surface area contributed by atoms with E-state index >= 15 is 0 Å². The second-order valence-electron chi connectivity index (χ2n) is 7.08. The number of carbonyl (C=O) groups excluding carboxylic acids is 1. The van der Waals surface area contributed by atoms with Crippen LogP contribution in [0.1, 0.15) is 18.4 Å². The van der Waals surface area contributed by atoms with Crippen LogP contribution in [0, 0.1) is 0 Å². The Labute approximate surface area is 161 Å². The van der Waals surface area contributed by atoms with Crippen molar-refractivity contribution in [3.05, 3.63) is 60.2 Å². The molecule has 5 heteroatoms. The van der Waals surface area contributed by atoms with Gasteiger partial charge in [0.1, 0.15) is 5.75 Å². The Hall–Kier alpha value is -2.53. The zero-order valence-corrected chi connectivity index (χ0v) is 16.2. The molecule has 1 atom stereocenters. The van der Waals surface area contributed by atoms with Crippen molar-refractivity contribution in [1.82, 2.24) is 10.2 Å². The molecule has 0 spiro atoms. The van der Waals surface area contributed by atoms with Gasteiger partial charge in [0.05, 0.1) is 13.7 Å². The molecule has 0 aliphatic carbocycles. The molecule has 1 N–H and O–H groups in total. The van der Waals surface area contributed by atoms with Gasteiger partial charge in [-0.05, 0) is 23.6 Å². The molecule has 1 aliphatic heterocycles. The van der Waals surface area contributed by atoms with Crippen molar-refractivity contribution < 1.29 is 9.53 Å². The van der Waals surface area contributed by atoms with Gasteiger partial charge >= 0.3 is 0 Å². The third-order valence-corrected chi connectivity index (χ3v) is 5.13. The molecule has 144 valence electrons. The summed E-state index contributed by atoms with van der Waals surface area (Å²) >= 11 is 0. The van der Waals surface area contributed by atoms with Crippen LogP contribution in [0.2, 0.25) is 0 Å². The standard InChI is InChI=1S/C22H29N3O2/c1-18(19-7-4-3-5-8-19)16-23-22(26)17-24-11-13-25(14-12-24)20-9-6-10-21(15-20)27-2/h3-10,15,18H,11-14,16-17H2,1-2H3,(H,23,26)/t18-/m0/s1. The van der Waals surface area contributed by atoms with Crippen LogP contribution in [0.4, 0.5) is 5.69 Å². The number of ether oxygens (including phenoxy) is 1. The van der Waals surface area contributed by atoms with Gasteiger partial charge in [0.2, 0.25) is 5.91 Å². The summed E-state index contributed by atoms with van der Waals surface area (Å²) in [6.07, 6.45) is 0. The Kier molecular flexibility index (Phi) is 6.71. The van der Waals surface area contributed by atoms with Crippen LogP contribution in [-0.2, 0) is 4.79 Å². The number of hydrogen-bond donors (Lipinski definition) is 1. The fraction of sp³-hybridized carbons (Fsp3) is 0.409. The van der Waals surface area contributed by atoms with Crippen molar-refractivity contribution in [1.29, 1.82) is 0 Å². The van der Waals surface area contributed by atoms with Crippen molar-refractivity contribution in [3.63, 3.8) is 0 Å². The highest BCUT2D eigenvalue weighted by Gasteiger charge is 2.19. The predicted octanol–water partition coefficient (Wildman–Crippen LogP) is 2.74. The van der Waals surface area contributed by atoms with Gasteiger partial charge in [0.25, 0.3) is 0 Å². The summed E-state index contributed by atoms with van der Waals surface area (Å²) < 4.78 is 5.31. The number of nitrogens with zero attached hydrogens (tertiary/aromatic N) is 2. The highest BCUT2D eigenvalue weighted by atomic mass is 16.5. The molecule has 1 saturated heterocycles. The smallest absolute Gasteiger partial charge is 0.234 e. The second kappa shape index (κ2) is 9.42. The van der Waals surface area contributed by atoms with Gasteiger partial charge < -0.3 is 15.0 Å². The summed E-state index contributed by atoms with van der Waals surface area (Å²) in [5.74, 6) is 1.30. The number of piperazine rings is 1. The Balaban J connectivity index is 1.41. The van der Waals surface area contributed by atoms with Crippen molar-refractivity contribution in [2.24, 2.45) is 0 Å². The lowest BCUT2D eigenvalue weighted by Gasteiger charge is -2.35. The molecule has 1 amide bonds. The molecule has 0 bridgehead atoms. The number of nitrogens with one attached hydrogen (secondary N) is 1. The number of benzene rings is 2. The zero-order valence-electron chi connectivity index (χ0n) is 16.2. The molecule has 1 heterocycles. The lowest BCUT2D eigenvalue weighted by molar-refractivity contribution is -0.122. The minimum atomic E-state index is 0.104. The third kappa shape index (κ3) is 5.47. The fourth-order valence-electron chi connectivity index (χ4n) is 3.40. The summed E-state index contributed by atoms with van der Waals surface area (Å²) in [4.78, 5) is 16.9. The number of anilines is 1. The van der Waals surface area contributed by atoms with Crippen LogP contribution < -0.4 is 15.0 Å². The molecule has 2 aromatic rings. The van der Waals surface area contributed by atoms with Crippen molar-refractivity contribution in [3.8, 4) is 5.75 Å². The first-order chi connectivity index (χ1) is 13.2. The first-order valence-electron chi connectivity index (χ1n) is 9.58. The fourth-order valence-corrected chi connectivity index (χ4v) is 3.40. The maximum absolute atomic E-state index is 12.3. The van der Waals surface area contributed by atoms with Gasteiger partial charge in [-0.15, -0.1) is 0 Å². The molecule has 0 aromatic heterocycles. The highest BCUT2D eigenvalue weighted by molar-refractivity contribution is 5.78. The Morgan fingerprint density at radius 2 is 1.81 bits per heavy atom. The monoisotopic (exact) mass is 367 g/mol. The van der Waals surface area contributed by atoms with E-state index in [0.717, 1.165) is 31.9 Å². The van der Waals surface area contributed by atoms with E-state index in [0.29, 0.717) is 19.0 Å². The summed E-state index contributed by atoms with van der Waals surface area (Å²) in [6, 6.07) is 18.4. The average Bonchev–Trinajstić information content (AvgIpc) is 2.73. The van der Waals surface area contributed by atoms with E-state index in [-0.39, 0.29) is 5.91 Å². The number of rotatable bonds is 7. The van der Waals surface area contributed by atoms with Crippen molar-refractivity contribution >= 4 is 11.6 Å². The minimum absolute atomic E-state index is 0.104. The van der Waals surface area contributed by atoms with E-state index in [1.165, 1.54) is 11.3 Å². The highest BCUT2D eigenvalue weighted by Crippen LogP contribution is 2.22. The largest absolute Gasteiger partial charge is 0.497 e. The third-order valence-electron chi connectivity index (χ3n) is 5.13. The normalized spacial score (nSPS) is 16.0. The van der Waals surface area contributed by atoms with E-state index in [1.54, 1.807) is 7.11 Å². The van der Waals surface area contributed by atoms with Gasteiger partial charge in [0, 0.05) is 44.5 Å². The van der Waals surface area contributed by atoms with Crippen LogP contribution in [0.15, 0.2) is 54.6 Å². The molecular formula is C22H29N3O2. The van der Waals surface area contributed by atoms with Gasteiger partial charge in [-0.2, -0.15) is 0 Å². The van der Waals surface area contributed by atoms with Gasteiger partial charge in [-0.1, -0.05) is 43.3 Å². The van der Waals surface area contributed by atoms with Crippen LogP contribution in [0.5, 0.6) is 5.75 Å². The van der Waals surface area contributed by atoms with Gasteiger partial charge in [0.15, 0.2) is 0 Å². The first kappa shape index (κ1) is 19.2. The number of carbonyl (C=O) groups is 1. The van der Waals surface area contributed by atoms with Crippen molar-refractivity contribution in [2.75, 3.05) is 51.3 Å². The van der Waals surface area contributed by atoms with Crippen LogP contribution in [-0.4, -0.2) is 57.2 Å². The van der Waals surface area contributed by atoms with E-state index in [4.69, 9.17) is 4.74 Å². The lowest BCUT2D eigenvalue weighted by atomic mass is 10.0. The second-order valence-corrected chi connectivity index (χ2v) is 7.08. The molecule has 0 radical (unpaired) electrons. The van der Waals surface area contributed by atoms with E-state index in [1.807, 2.05) is 30.3 Å². The topological polar surface area (TPSA) is 44.8 Å². The zero-order chi connectivity index (χ0) is 19.1. The maximum atomic E-state index is 12.3. The number of methoxy groups -OCH3 is 1. The molecule has 0 saturated carbocycles. The molecule has 0 unspecified atom stereocenters. The van der Waals surface area contributed by atoms with E-state index in [9.17, 15) is 4.79 Å². The molecule has 5 nitrogen and oxygen atoms in total. The maximum Gasteiger partial charge on any atom is 0.234 e. The van der Waals surface area contributed by atoms with Crippen LogP contribution in [0.25, 0.3) is 0 Å².